The van der Waals surface area contributed by atoms with E-state index in [1.54, 1.807) is 0 Å². The van der Waals surface area contributed by atoms with E-state index in [2.05, 4.69) is 45.7 Å². The minimum atomic E-state index is 0.231. The van der Waals surface area contributed by atoms with Crippen LogP contribution in [0.15, 0.2) is 18.3 Å². The monoisotopic (exact) mass is 326 g/mol. The molecule has 0 aliphatic carbocycles. The maximum Gasteiger partial charge on any atom is 0.125 e. The zero-order valence-corrected chi connectivity index (χ0v) is 14.9. The van der Waals surface area contributed by atoms with Crippen molar-refractivity contribution >= 4 is 16.6 Å². The van der Waals surface area contributed by atoms with Crippen molar-refractivity contribution in [1.82, 2.24) is 14.9 Å². The molecule has 0 saturated carbocycles. The van der Waals surface area contributed by atoms with Crippen LogP contribution in [0.4, 0.5) is 5.69 Å². The summed E-state index contributed by atoms with van der Waals surface area (Å²) in [7, 11) is 0. The molecule has 0 N–H and O–H groups in total. The Morgan fingerprint density at radius 2 is 1.92 bits per heavy atom. The Morgan fingerprint density at radius 3 is 2.62 bits per heavy atom. The molecule has 2 fully saturated rings. The standard InChI is InChI=1S/C19H26N4O/c1-14-10-16-12-20-15(2)21-17(16)11-18(14)22-5-7-23(8-6-22)19(3)4-9-24-13-19/h10-12H,4-9,13H2,1-3H3. The molecule has 5 nitrogen and oxygen atoms in total. The summed E-state index contributed by atoms with van der Waals surface area (Å²) in [6.07, 6.45) is 3.07. The summed E-state index contributed by atoms with van der Waals surface area (Å²) in [6, 6.07) is 4.44. The molecule has 1 aromatic carbocycles. The van der Waals surface area contributed by atoms with Gasteiger partial charge in [-0.1, -0.05) is 0 Å². The van der Waals surface area contributed by atoms with E-state index < -0.39 is 0 Å². The summed E-state index contributed by atoms with van der Waals surface area (Å²) in [5, 5.41) is 1.12. The first-order valence-electron chi connectivity index (χ1n) is 8.87. The maximum absolute atomic E-state index is 5.63. The summed E-state index contributed by atoms with van der Waals surface area (Å²) >= 11 is 0. The van der Waals surface area contributed by atoms with Crippen LogP contribution in [0.1, 0.15) is 24.7 Å². The van der Waals surface area contributed by atoms with Crippen LogP contribution in [0, 0.1) is 13.8 Å². The van der Waals surface area contributed by atoms with Gasteiger partial charge in [-0.15, -0.1) is 0 Å². The second-order valence-electron chi connectivity index (χ2n) is 7.39. The van der Waals surface area contributed by atoms with Gasteiger partial charge in [0.2, 0.25) is 0 Å². The minimum Gasteiger partial charge on any atom is -0.379 e. The zero-order chi connectivity index (χ0) is 16.7. The lowest BCUT2D eigenvalue weighted by molar-refractivity contribution is 0.0745. The number of ether oxygens (including phenoxy) is 1. The summed E-state index contributed by atoms with van der Waals surface area (Å²) in [5.41, 5.74) is 3.89. The number of benzene rings is 1. The summed E-state index contributed by atoms with van der Waals surface area (Å²) < 4.78 is 5.63. The van der Waals surface area contributed by atoms with Gasteiger partial charge in [-0.2, -0.15) is 0 Å². The molecule has 4 rings (SSSR count). The van der Waals surface area contributed by atoms with Crippen molar-refractivity contribution in [2.24, 2.45) is 0 Å². The Hall–Kier alpha value is -1.72. The van der Waals surface area contributed by atoms with Crippen LogP contribution >= 0.6 is 0 Å². The Balaban J connectivity index is 1.55. The van der Waals surface area contributed by atoms with Crippen molar-refractivity contribution in [1.29, 1.82) is 0 Å². The highest BCUT2D eigenvalue weighted by molar-refractivity contribution is 5.83. The topological polar surface area (TPSA) is 41.5 Å². The Bertz CT molecular complexity index is 746. The predicted molar refractivity (Wildman–Crippen MR) is 96.6 cm³/mol. The SMILES string of the molecule is Cc1ncc2cc(C)c(N3CCN(C4(C)CCOC4)CC3)cc2n1. The molecule has 5 heteroatoms. The van der Waals surface area contributed by atoms with E-state index in [0.29, 0.717) is 0 Å². The van der Waals surface area contributed by atoms with Gasteiger partial charge < -0.3 is 9.64 Å². The van der Waals surface area contributed by atoms with Crippen LogP contribution in [0.3, 0.4) is 0 Å². The first kappa shape index (κ1) is 15.8. The normalized spacial score (nSPS) is 25.5. The number of hydrogen-bond acceptors (Lipinski definition) is 5. The van der Waals surface area contributed by atoms with E-state index in [1.807, 2.05) is 13.1 Å². The largest absolute Gasteiger partial charge is 0.379 e. The van der Waals surface area contributed by atoms with Crippen LogP contribution in [-0.4, -0.2) is 59.8 Å². The van der Waals surface area contributed by atoms with Gasteiger partial charge in [0.25, 0.3) is 0 Å². The Morgan fingerprint density at radius 1 is 1.12 bits per heavy atom. The minimum absolute atomic E-state index is 0.231. The smallest absolute Gasteiger partial charge is 0.125 e. The van der Waals surface area contributed by atoms with Gasteiger partial charge in [-0.25, -0.2) is 9.97 Å². The molecule has 3 heterocycles. The Labute approximate surface area is 143 Å². The molecule has 0 radical (unpaired) electrons. The number of piperazine rings is 1. The van der Waals surface area contributed by atoms with E-state index in [-0.39, 0.29) is 5.54 Å². The second kappa shape index (κ2) is 5.97. The number of nitrogens with zero attached hydrogens (tertiary/aromatic N) is 4. The van der Waals surface area contributed by atoms with Gasteiger partial charge in [-0.3, -0.25) is 4.90 Å². The molecular weight excluding hydrogens is 300 g/mol. The van der Waals surface area contributed by atoms with Gasteiger partial charge in [-0.05, 0) is 44.9 Å². The van der Waals surface area contributed by atoms with Crippen LogP contribution in [0.5, 0.6) is 0 Å². The van der Waals surface area contributed by atoms with Crippen molar-refractivity contribution in [3.05, 3.63) is 29.7 Å². The number of aryl methyl sites for hydroxylation is 2. The fourth-order valence-corrected chi connectivity index (χ4v) is 4.01. The molecule has 0 amide bonds. The molecule has 2 aliphatic rings. The summed E-state index contributed by atoms with van der Waals surface area (Å²) in [6.45, 7) is 12.6. The highest BCUT2D eigenvalue weighted by atomic mass is 16.5. The fraction of sp³-hybridized carbons (Fsp3) is 0.579. The first-order valence-corrected chi connectivity index (χ1v) is 8.87. The van der Waals surface area contributed by atoms with Gasteiger partial charge in [0.15, 0.2) is 0 Å². The molecule has 128 valence electrons. The van der Waals surface area contributed by atoms with Crippen LogP contribution in [0.2, 0.25) is 0 Å². The number of fused-ring (bicyclic) bond motifs is 1. The third kappa shape index (κ3) is 2.76. The molecule has 24 heavy (non-hydrogen) atoms. The van der Waals surface area contributed by atoms with Crippen molar-refractivity contribution in [2.75, 3.05) is 44.3 Å². The van der Waals surface area contributed by atoms with Crippen molar-refractivity contribution in [3.8, 4) is 0 Å². The lowest BCUT2D eigenvalue weighted by Gasteiger charge is -2.44. The first-order chi connectivity index (χ1) is 11.5. The number of rotatable bonds is 2. The predicted octanol–water partition coefficient (Wildman–Crippen LogP) is 2.55. The van der Waals surface area contributed by atoms with Crippen molar-refractivity contribution in [2.45, 2.75) is 32.7 Å². The van der Waals surface area contributed by atoms with Crippen LogP contribution in [0.25, 0.3) is 10.9 Å². The molecule has 2 aromatic rings. The number of aromatic nitrogens is 2. The lowest BCUT2D eigenvalue weighted by atomic mass is 9.98. The molecule has 1 unspecified atom stereocenters. The van der Waals surface area contributed by atoms with E-state index >= 15 is 0 Å². The van der Waals surface area contributed by atoms with Crippen molar-refractivity contribution in [3.63, 3.8) is 0 Å². The molecule has 0 spiro atoms. The van der Waals surface area contributed by atoms with E-state index in [0.717, 1.165) is 62.5 Å². The highest BCUT2D eigenvalue weighted by Gasteiger charge is 2.37. The molecule has 0 bridgehead atoms. The number of hydrogen-bond donors (Lipinski definition) is 0. The quantitative estimate of drug-likeness (QED) is 0.848. The van der Waals surface area contributed by atoms with E-state index in [1.165, 1.54) is 11.3 Å². The lowest BCUT2D eigenvalue weighted by Crippen LogP contribution is -2.56. The van der Waals surface area contributed by atoms with Crippen LogP contribution in [-0.2, 0) is 4.74 Å². The third-order valence-corrected chi connectivity index (χ3v) is 5.60. The zero-order valence-electron chi connectivity index (χ0n) is 14.9. The van der Waals surface area contributed by atoms with Gasteiger partial charge >= 0.3 is 0 Å². The van der Waals surface area contributed by atoms with Gasteiger partial charge in [0, 0.05) is 55.6 Å². The Kier molecular flexibility index (Phi) is 3.93. The third-order valence-electron chi connectivity index (χ3n) is 5.60. The molecule has 2 saturated heterocycles. The van der Waals surface area contributed by atoms with E-state index in [4.69, 9.17) is 4.74 Å². The fourth-order valence-electron chi connectivity index (χ4n) is 4.01. The average molecular weight is 326 g/mol. The van der Waals surface area contributed by atoms with Gasteiger partial charge in [0.1, 0.15) is 5.82 Å². The highest BCUT2D eigenvalue weighted by Crippen LogP contribution is 2.30. The van der Waals surface area contributed by atoms with Crippen LogP contribution < -0.4 is 4.90 Å². The average Bonchev–Trinajstić information content (AvgIpc) is 3.03. The maximum atomic E-state index is 5.63. The second-order valence-corrected chi connectivity index (χ2v) is 7.39. The molecule has 2 aliphatic heterocycles. The molecule has 1 atom stereocenters. The molecule has 1 aromatic heterocycles. The number of anilines is 1. The molecular formula is C19H26N4O. The van der Waals surface area contributed by atoms with Crippen molar-refractivity contribution < 1.29 is 4.74 Å². The summed E-state index contributed by atoms with van der Waals surface area (Å²) in [4.78, 5) is 14.0. The van der Waals surface area contributed by atoms with Gasteiger partial charge in [0.05, 0.1) is 12.1 Å². The summed E-state index contributed by atoms with van der Waals surface area (Å²) in [5.74, 6) is 0.830. The van der Waals surface area contributed by atoms with E-state index in [9.17, 15) is 0 Å².